The number of aliphatic hydroxyl groups excluding tert-OH is 1. The molecule has 0 spiro atoms. The highest BCUT2D eigenvalue weighted by Gasteiger charge is 2.23. The molecule has 1 saturated carbocycles. The topological polar surface area (TPSA) is 49.3 Å². The molecule has 2 rings (SSSR count). The summed E-state index contributed by atoms with van der Waals surface area (Å²) in [5.74, 6) is -0.121. The molecule has 0 aromatic carbocycles. The van der Waals surface area contributed by atoms with Crippen molar-refractivity contribution in [1.82, 2.24) is 5.32 Å². The molecule has 1 heterocycles. The molecule has 1 amide bonds. The summed E-state index contributed by atoms with van der Waals surface area (Å²) in [6.07, 6.45) is 6.75. The molecule has 2 atom stereocenters. The van der Waals surface area contributed by atoms with Crippen molar-refractivity contribution >= 4 is 23.3 Å². The first-order valence-electron chi connectivity index (χ1n) is 5.96. The Balaban J connectivity index is 1.84. The predicted molar refractivity (Wildman–Crippen MR) is 69.8 cm³/mol. The molecule has 17 heavy (non-hydrogen) atoms. The number of hydrogen-bond donors (Lipinski definition) is 2. The van der Waals surface area contributed by atoms with Crippen LogP contribution >= 0.6 is 11.3 Å². The minimum Gasteiger partial charge on any atom is -0.391 e. The lowest BCUT2D eigenvalue weighted by Gasteiger charge is -2.27. The van der Waals surface area contributed by atoms with Gasteiger partial charge in [-0.25, -0.2) is 0 Å². The van der Waals surface area contributed by atoms with Gasteiger partial charge in [0.2, 0.25) is 5.91 Å². The number of carbonyl (C=O) groups excluding carboxylic acids is 1. The van der Waals surface area contributed by atoms with Gasteiger partial charge in [-0.15, -0.1) is 11.3 Å². The van der Waals surface area contributed by atoms with Crippen molar-refractivity contribution in [3.8, 4) is 0 Å². The molecule has 0 aliphatic heterocycles. The van der Waals surface area contributed by atoms with E-state index in [1.165, 1.54) is 6.08 Å². The van der Waals surface area contributed by atoms with Gasteiger partial charge in [0.05, 0.1) is 12.1 Å². The molecule has 1 aromatic rings. The second-order valence-corrected chi connectivity index (χ2v) is 5.29. The Hall–Kier alpha value is -1.13. The lowest BCUT2D eigenvalue weighted by Crippen LogP contribution is -2.44. The average Bonchev–Trinajstić information content (AvgIpc) is 2.82. The van der Waals surface area contributed by atoms with E-state index < -0.39 is 0 Å². The maximum atomic E-state index is 11.6. The van der Waals surface area contributed by atoms with Crippen LogP contribution in [0.3, 0.4) is 0 Å². The van der Waals surface area contributed by atoms with Crippen molar-refractivity contribution < 1.29 is 9.90 Å². The van der Waals surface area contributed by atoms with Gasteiger partial charge in [0.1, 0.15) is 0 Å². The van der Waals surface area contributed by atoms with Crippen LogP contribution in [-0.2, 0) is 4.79 Å². The minimum absolute atomic E-state index is 0.0794. The highest BCUT2D eigenvalue weighted by Crippen LogP contribution is 2.18. The Morgan fingerprint density at radius 2 is 2.29 bits per heavy atom. The minimum atomic E-state index is -0.386. The van der Waals surface area contributed by atoms with Gasteiger partial charge in [0.15, 0.2) is 0 Å². The number of amides is 1. The smallest absolute Gasteiger partial charge is 0.244 e. The van der Waals surface area contributed by atoms with Crippen LogP contribution in [0.2, 0.25) is 0 Å². The molecule has 3 nitrogen and oxygen atoms in total. The van der Waals surface area contributed by atoms with Crippen LogP contribution < -0.4 is 5.32 Å². The summed E-state index contributed by atoms with van der Waals surface area (Å²) >= 11 is 1.60. The van der Waals surface area contributed by atoms with Gasteiger partial charge in [0.25, 0.3) is 0 Å². The van der Waals surface area contributed by atoms with E-state index in [-0.39, 0.29) is 18.1 Å². The van der Waals surface area contributed by atoms with Crippen LogP contribution in [0.4, 0.5) is 0 Å². The van der Waals surface area contributed by atoms with Crippen molar-refractivity contribution in [1.29, 1.82) is 0 Å². The molecule has 1 aromatic heterocycles. The summed E-state index contributed by atoms with van der Waals surface area (Å²) in [6, 6.07) is 3.83. The van der Waals surface area contributed by atoms with E-state index >= 15 is 0 Å². The van der Waals surface area contributed by atoms with Crippen molar-refractivity contribution in [2.24, 2.45) is 0 Å². The Morgan fingerprint density at radius 1 is 1.47 bits per heavy atom. The van der Waals surface area contributed by atoms with Crippen molar-refractivity contribution in [3.05, 3.63) is 28.5 Å². The molecule has 1 fully saturated rings. The molecule has 2 N–H and O–H groups in total. The predicted octanol–water partition coefficient (Wildman–Crippen LogP) is 2.18. The first-order chi connectivity index (χ1) is 8.25. The van der Waals surface area contributed by atoms with E-state index in [0.29, 0.717) is 0 Å². The molecule has 1 aliphatic carbocycles. The number of nitrogens with one attached hydrogen (secondary N) is 1. The van der Waals surface area contributed by atoms with Crippen molar-refractivity contribution in [2.75, 3.05) is 0 Å². The molecule has 0 saturated heterocycles. The number of hydrogen-bond acceptors (Lipinski definition) is 3. The number of carbonyl (C=O) groups is 1. The number of rotatable bonds is 3. The molecular formula is C13H17NO2S. The Kier molecular flexibility index (Phi) is 4.34. The fourth-order valence-corrected chi connectivity index (χ4v) is 2.67. The maximum absolute atomic E-state index is 11.6. The monoisotopic (exact) mass is 251 g/mol. The molecule has 4 heteroatoms. The summed E-state index contributed by atoms with van der Waals surface area (Å²) in [5.41, 5.74) is 0. The van der Waals surface area contributed by atoms with E-state index in [2.05, 4.69) is 5.32 Å². The van der Waals surface area contributed by atoms with Gasteiger partial charge < -0.3 is 10.4 Å². The third-order valence-corrected chi connectivity index (χ3v) is 3.84. The van der Waals surface area contributed by atoms with Gasteiger partial charge in [-0.05, 0) is 30.4 Å². The zero-order chi connectivity index (χ0) is 12.1. The Labute approximate surface area is 105 Å². The average molecular weight is 251 g/mol. The standard InChI is InChI=1S/C13H17NO2S/c15-12-6-2-1-5-11(12)14-13(16)8-7-10-4-3-9-17-10/h3-4,7-9,11-12,15H,1-2,5-6H2,(H,14,16). The maximum Gasteiger partial charge on any atom is 0.244 e. The van der Waals surface area contributed by atoms with Crippen LogP contribution in [0.5, 0.6) is 0 Å². The quantitative estimate of drug-likeness (QED) is 0.809. The fraction of sp³-hybridized carbons (Fsp3) is 0.462. The third kappa shape index (κ3) is 3.68. The highest BCUT2D eigenvalue weighted by atomic mass is 32.1. The summed E-state index contributed by atoms with van der Waals surface area (Å²) in [6.45, 7) is 0. The van der Waals surface area contributed by atoms with Crippen LogP contribution in [0.25, 0.3) is 6.08 Å². The zero-order valence-corrected chi connectivity index (χ0v) is 10.5. The van der Waals surface area contributed by atoms with Crippen molar-refractivity contribution in [3.63, 3.8) is 0 Å². The van der Waals surface area contributed by atoms with Crippen LogP contribution in [0.15, 0.2) is 23.6 Å². The van der Waals surface area contributed by atoms with Crippen molar-refractivity contribution in [2.45, 2.75) is 37.8 Å². The molecule has 0 radical (unpaired) electrons. The Morgan fingerprint density at radius 3 is 3.00 bits per heavy atom. The summed E-state index contributed by atoms with van der Waals surface area (Å²) in [4.78, 5) is 12.7. The second-order valence-electron chi connectivity index (χ2n) is 4.32. The van der Waals surface area contributed by atoms with Gasteiger partial charge in [-0.1, -0.05) is 18.9 Å². The molecule has 1 aliphatic rings. The van der Waals surface area contributed by atoms with Gasteiger partial charge in [0, 0.05) is 11.0 Å². The van der Waals surface area contributed by atoms with Crippen LogP contribution in [-0.4, -0.2) is 23.2 Å². The lowest BCUT2D eigenvalue weighted by atomic mass is 9.92. The molecule has 2 unspecified atom stereocenters. The van der Waals surface area contributed by atoms with E-state index in [4.69, 9.17) is 0 Å². The highest BCUT2D eigenvalue weighted by molar-refractivity contribution is 7.10. The van der Waals surface area contributed by atoms with E-state index in [0.717, 1.165) is 30.6 Å². The van der Waals surface area contributed by atoms with Gasteiger partial charge in [-0.2, -0.15) is 0 Å². The summed E-state index contributed by atoms with van der Waals surface area (Å²) in [7, 11) is 0. The zero-order valence-electron chi connectivity index (χ0n) is 9.63. The molecular weight excluding hydrogens is 234 g/mol. The largest absolute Gasteiger partial charge is 0.391 e. The van der Waals surface area contributed by atoms with Gasteiger partial charge in [-0.3, -0.25) is 4.79 Å². The number of aliphatic hydroxyl groups is 1. The molecule has 92 valence electrons. The van der Waals surface area contributed by atoms with E-state index in [9.17, 15) is 9.90 Å². The summed E-state index contributed by atoms with van der Waals surface area (Å²) < 4.78 is 0. The normalized spacial score (nSPS) is 25.0. The lowest BCUT2D eigenvalue weighted by molar-refractivity contribution is -0.118. The third-order valence-electron chi connectivity index (χ3n) is 3.00. The first-order valence-corrected chi connectivity index (χ1v) is 6.84. The first kappa shape index (κ1) is 12.3. The SMILES string of the molecule is O=C(C=Cc1cccs1)NC1CCCCC1O. The summed E-state index contributed by atoms with van der Waals surface area (Å²) in [5, 5.41) is 14.6. The Bertz CT molecular complexity index is 386. The van der Waals surface area contributed by atoms with Crippen LogP contribution in [0, 0.1) is 0 Å². The van der Waals surface area contributed by atoms with Crippen LogP contribution in [0.1, 0.15) is 30.6 Å². The van der Waals surface area contributed by atoms with E-state index in [1.54, 1.807) is 17.4 Å². The van der Waals surface area contributed by atoms with Gasteiger partial charge >= 0.3 is 0 Å². The number of thiophene rings is 1. The molecule has 0 bridgehead atoms. The second kappa shape index (κ2) is 5.98. The fourth-order valence-electron chi connectivity index (χ4n) is 2.05. The van der Waals surface area contributed by atoms with E-state index in [1.807, 2.05) is 17.5 Å².